The predicted molar refractivity (Wildman–Crippen MR) is 102 cm³/mol. The number of hydrogen-bond acceptors (Lipinski definition) is 5. The van der Waals surface area contributed by atoms with Gasteiger partial charge in [-0.1, -0.05) is 12.1 Å². The van der Waals surface area contributed by atoms with Gasteiger partial charge in [-0.15, -0.1) is 0 Å². The minimum atomic E-state index is -0.891. The van der Waals surface area contributed by atoms with Gasteiger partial charge in [0.15, 0.2) is 0 Å². The number of carbonyl (C=O) groups is 2. The molecule has 0 saturated carbocycles. The number of benzene rings is 2. The summed E-state index contributed by atoms with van der Waals surface area (Å²) >= 11 is 0. The molecule has 7 heteroatoms. The summed E-state index contributed by atoms with van der Waals surface area (Å²) in [6.45, 7) is 5.20. The number of ether oxygens (including phenoxy) is 1. The second-order valence-corrected chi connectivity index (χ2v) is 7.11. The molecule has 2 amide bonds. The predicted octanol–water partition coefficient (Wildman–Crippen LogP) is 3.17. The molecule has 1 atom stereocenters. The van der Waals surface area contributed by atoms with Crippen LogP contribution in [-0.4, -0.2) is 33.9 Å². The molecule has 0 fully saturated rings. The van der Waals surface area contributed by atoms with E-state index in [-0.39, 0.29) is 17.9 Å². The first-order valence-electron chi connectivity index (χ1n) is 8.50. The van der Waals surface area contributed by atoms with E-state index in [1.54, 1.807) is 45.0 Å². The van der Waals surface area contributed by atoms with E-state index in [0.717, 1.165) is 5.56 Å². The highest BCUT2D eigenvalue weighted by Crippen LogP contribution is 2.16. The average Bonchev–Trinajstić information content (AvgIpc) is 2.56. The highest BCUT2D eigenvalue weighted by molar-refractivity contribution is 5.96. The molecule has 0 aliphatic heterocycles. The Morgan fingerprint density at radius 2 is 1.48 bits per heavy atom. The van der Waals surface area contributed by atoms with Crippen LogP contribution in [0.15, 0.2) is 48.5 Å². The van der Waals surface area contributed by atoms with Gasteiger partial charge in [-0.05, 0) is 62.7 Å². The standard InChI is InChI=1S/C20H24N2O5/c1-20(2,3)27-19(26)22-17(12-13-4-8-15(23)9-5-13)18(25)21-14-6-10-16(24)11-7-14/h4-11,17,23-24H,12H2,1-3H3,(H,21,25)(H,22,26)/t17-/m0/s1. The lowest BCUT2D eigenvalue weighted by Gasteiger charge is -2.23. The maximum absolute atomic E-state index is 12.7. The first kappa shape index (κ1) is 20.1. The lowest BCUT2D eigenvalue weighted by molar-refractivity contribution is -0.118. The Morgan fingerprint density at radius 1 is 0.963 bits per heavy atom. The number of phenols is 2. The van der Waals surface area contributed by atoms with Crippen LogP contribution in [-0.2, 0) is 16.0 Å². The van der Waals surface area contributed by atoms with E-state index in [4.69, 9.17) is 4.74 Å². The lowest BCUT2D eigenvalue weighted by Crippen LogP contribution is -2.47. The van der Waals surface area contributed by atoms with Gasteiger partial charge in [0.25, 0.3) is 0 Å². The molecule has 0 aliphatic rings. The largest absolute Gasteiger partial charge is 0.508 e. The van der Waals surface area contributed by atoms with Crippen molar-refractivity contribution in [1.82, 2.24) is 5.32 Å². The molecule has 0 aromatic heterocycles. The van der Waals surface area contributed by atoms with Crippen LogP contribution in [0.4, 0.5) is 10.5 Å². The Hall–Kier alpha value is -3.22. The van der Waals surface area contributed by atoms with Gasteiger partial charge in [0.2, 0.25) is 5.91 Å². The van der Waals surface area contributed by atoms with Crippen molar-refractivity contribution in [1.29, 1.82) is 0 Å². The summed E-state index contributed by atoms with van der Waals surface area (Å²) in [4.78, 5) is 24.8. The van der Waals surface area contributed by atoms with Crippen molar-refractivity contribution < 1.29 is 24.5 Å². The van der Waals surface area contributed by atoms with Crippen LogP contribution in [0.3, 0.4) is 0 Å². The molecule has 4 N–H and O–H groups in total. The molecule has 27 heavy (non-hydrogen) atoms. The molecule has 2 rings (SSSR count). The molecule has 144 valence electrons. The second kappa shape index (κ2) is 8.44. The topological polar surface area (TPSA) is 108 Å². The number of hydrogen-bond donors (Lipinski definition) is 4. The van der Waals surface area contributed by atoms with E-state index < -0.39 is 23.6 Å². The van der Waals surface area contributed by atoms with Crippen molar-refractivity contribution in [2.75, 3.05) is 5.32 Å². The third kappa shape index (κ3) is 6.89. The van der Waals surface area contributed by atoms with Gasteiger partial charge in [0.1, 0.15) is 23.1 Å². The Kier molecular flexibility index (Phi) is 6.28. The Bertz CT molecular complexity index is 780. The molecule has 0 bridgehead atoms. The summed E-state index contributed by atoms with van der Waals surface area (Å²) in [5, 5.41) is 24.0. The normalized spacial score (nSPS) is 12.1. The second-order valence-electron chi connectivity index (χ2n) is 7.11. The van der Waals surface area contributed by atoms with Crippen molar-refractivity contribution in [3.05, 3.63) is 54.1 Å². The van der Waals surface area contributed by atoms with Crippen molar-refractivity contribution in [2.45, 2.75) is 38.8 Å². The zero-order chi connectivity index (χ0) is 20.0. The molecule has 2 aromatic carbocycles. The lowest BCUT2D eigenvalue weighted by atomic mass is 10.0. The fourth-order valence-corrected chi connectivity index (χ4v) is 2.30. The number of phenolic OH excluding ortho intramolecular Hbond substituents is 2. The average molecular weight is 372 g/mol. The van der Waals surface area contributed by atoms with Crippen molar-refractivity contribution in [3.63, 3.8) is 0 Å². The summed E-state index contributed by atoms with van der Waals surface area (Å²) in [5.74, 6) is -0.232. The van der Waals surface area contributed by atoms with Gasteiger partial charge < -0.3 is 25.6 Å². The van der Waals surface area contributed by atoms with E-state index in [1.165, 1.54) is 24.3 Å². The molecule has 7 nitrogen and oxygen atoms in total. The smallest absolute Gasteiger partial charge is 0.408 e. The van der Waals surface area contributed by atoms with Crippen LogP contribution in [0.5, 0.6) is 11.5 Å². The van der Waals surface area contributed by atoms with Crippen LogP contribution in [0.25, 0.3) is 0 Å². The summed E-state index contributed by atoms with van der Waals surface area (Å²) in [6.07, 6.45) is -0.490. The number of alkyl carbamates (subject to hydrolysis) is 1. The molecule has 0 aliphatic carbocycles. The quantitative estimate of drug-likeness (QED) is 0.603. The van der Waals surface area contributed by atoms with E-state index >= 15 is 0 Å². The fourth-order valence-electron chi connectivity index (χ4n) is 2.30. The van der Waals surface area contributed by atoms with Gasteiger partial charge in [0, 0.05) is 12.1 Å². The number of rotatable bonds is 5. The van der Waals surface area contributed by atoms with Gasteiger partial charge in [0.05, 0.1) is 0 Å². The van der Waals surface area contributed by atoms with Crippen LogP contribution in [0.1, 0.15) is 26.3 Å². The first-order valence-corrected chi connectivity index (χ1v) is 8.50. The fraction of sp³-hybridized carbons (Fsp3) is 0.300. The van der Waals surface area contributed by atoms with E-state index in [2.05, 4.69) is 10.6 Å². The van der Waals surface area contributed by atoms with Crippen LogP contribution >= 0.6 is 0 Å². The molecule has 2 aromatic rings. The molecule has 0 saturated heterocycles. The summed E-state index contributed by atoms with van der Waals surface area (Å²) in [7, 11) is 0. The maximum Gasteiger partial charge on any atom is 0.408 e. The van der Waals surface area contributed by atoms with Crippen LogP contribution in [0.2, 0.25) is 0 Å². The Balaban J connectivity index is 2.13. The Labute approximate surface area is 158 Å². The number of anilines is 1. The van der Waals surface area contributed by atoms with Crippen molar-refractivity contribution in [3.8, 4) is 11.5 Å². The van der Waals surface area contributed by atoms with Gasteiger partial charge in [-0.3, -0.25) is 4.79 Å². The SMILES string of the molecule is CC(C)(C)OC(=O)N[C@@H](Cc1ccc(O)cc1)C(=O)Nc1ccc(O)cc1. The highest BCUT2D eigenvalue weighted by atomic mass is 16.6. The van der Waals surface area contributed by atoms with Gasteiger partial charge in [-0.25, -0.2) is 4.79 Å². The van der Waals surface area contributed by atoms with Gasteiger partial charge >= 0.3 is 6.09 Å². The van der Waals surface area contributed by atoms with Gasteiger partial charge in [-0.2, -0.15) is 0 Å². The zero-order valence-electron chi connectivity index (χ0n) is 15.5. The zero-order valence-corrected chi connectivity index (χ0v) is 15.5. The minimum absolute atomic E-state index is 0.0838. The summed E-state index contributed by atoms with van der Waals surface area (Å²) in [5.41, 5.74) is 0.551. The Morgan fingerprint density at radius 3 is 2.00 bits per heavy atom. The minimum Gasteiger partial charge on any atom is -0.508 e. The molecule has 0 radical (unpaired) electrons. The van der Waals surface area contributed by atoms with E-state index in [9.17, 15) is 19.8 Å². The summed E-state index contributed by atoms with van der Waals surface area (Å²) < 4.78 is 5.24. The van der Waals surface area contributed by atoms with E-state index in [1.807, 2.05) is 0 Å². The van der Waals surface area contributed by atoms with E-state index in [0.29, 0.717) is 5.69 Å². The number of aromatic hydroxyl groups is 2. The maximum atomic E-state index is 12.7. The summed E-state index contributed by atoms with van der Waals surface area (Å²) in [6, 6.07) is 11.5. The third-order valence-electron chi connectivity index (χ3n) is 3.52. The number of amides is 2. The molecule has 0 spiro atoms. The van der Waals surface area contributed by atoms with Crippen molar-refractivity contribution in [2.24, 2.45) is 0 Å². The third-order valence-corrected chi connectivity index (χ3v) is 3.52. The monoisotopic (exact) mass is 372 g/mol. The molecular weight excluding hydrogens is 348 g/mol. The van der Waals surface area contributed by atoms with Crippen LogP contribution < -0.4 is 10.6 Å². The molecule has 0 unspecified atom stereocenters. The van der Waals surface area contributed by atoms with Crippen LogP contribution in [0, 0.1) is 0 Å². The number of carbonyl (C=O) groups excluding carboxylic acids is 2. The number of nitrogens with one attached hydrogen (secondary N) is 2. The highest BCUT2D eigenvalue weighted by Gasteiger charge is 2.25. The molecular formula is C20H24N2O5. The molecule has 0 heterocycles. The van der Waals surface area contributed by atoms with Crippen molar-refractivity contribution >= 4 is 17.7 Å². The first-order chi connectivity index (χ1) is 12.6.